The van der Waals surface area contributed by atoms with Crippen molar-refractivity contribution in [2.75, 3.05) is 25.6 Å². The van der Waals surface area contributed by atoms with Gasteiger partial charge in [-0.1, -0.05) is 37.3 Å². The van der Waals surface area contributed by atoms with Crippen LogP contribution < -0.4 is 20.1 Å². The van der Waals surface area contributed by atoms with Crippen LogP contribution in [0.3, 0.4) is 0 Å². The van der Waals surface area contributed by atoms with E-state index in [-0.39, 0.29) is 19.3 Å². The highest BCUT2D eigenvalue weighted by atomic mass is 16.6. The minimum absolute atomic E-state index is 0.125. The summed E-state index contributed by atoms with van der Waals surface area (Å²) in [5, 5.41) is 6.13. The van der Waals surface area contributed by atoms with Crippen LogP contribution in [-0.4, -0.2) is 44.0 Å². The Hall–Kier alpha value is -3.42. The number of esters is 1. The molecular weight excluding hydrogens is 424 g/mol. The molecule has 2 aromatic carbocycles. The smallest absolute Gasteiger partial charge is 0.407 e. The summed E-state index contributed by atoms with van der Waals surface area (Å²) in [4.78, 5) is 24.0. The van der Waals surface area contributed by atoms with Gasteiger partial charge in [0.05, 0.1) is 12.8 Å². The van der Waals surface area contributed by atoms with Gasteiger partial charge in [-0.2, -0.15) is 0 Å². The van der Waals surface area contributed by atoms with Gasteiger partial charge in [-0.3, -0.25) is 0 Å². The van der Waals surface area contributed by atoms with Gasteiger partial charge in [0, 0.05) is 18.7 Å². The lowest BCUT2D eigenvalue weighted by Crippen LogP contribution is -2.42. The van der Waals surface area contributed by atoms with E-state index in [2.05, 4.69) is 10.6 Å². The molecule has 2 aromatic rings. The number of nitrogens with one attached hydrogen (secondary N) is 2. The molecule has 33 heavy (non-hydrogen) atoms. The van der Waals surface area contributed by atoms with E-state index in [0.29, 0.717) is 18.0 Å². The van der Waals surface area contributed by atoms with Crippen LogP contribution in [0, 0.1) is 0 Å². The molecule has 0 unspecified atom stereocenters. The Balaban J connectivity index is 1.85. The first-order chi connectivity index (χ1) is 15.7. The van der Waals surface area contributed by atoms with Gasteiger partial charge in [0.2, 0.25) is 0 Å². The highest BCUT2D eigenvalue weighted by molar-refractivity contribution is 5.71. The normalized spacial score (nSPS) is 11.8. The van der Waals surface area contributed by atoms with Gasteiger partial charge >= 0.3 is 12.1 Å². The van der Waals surface area contributed by atoms with Gasteiger partial charge in [-0.05, 0) is 44.9 Å². The molecule has 0 heterocycles. The maximum absolute atomic E-state index is 12.0. The van der Waals surface area contributed by atoms with E-state index in [0.717, 1.165) is 17.7 Å². The zero-order valence-corrected chi connectivity index (χ0v) is 20.0. The molecule has 0 fully saturated rings. The molecule has 180 valence electrons. The SMILES string of the molecule is CC[C@H](CNc1ccc(OCC(=O)OCc2ccccc2)cc1OC)NC(=O)OC(C)(C)C. The summed E-state index contributed by atoms with van der Waals surface area (Å²) in [7, 11) is 1.55. The molecule has 1 atom stereocenters. The number of methoxy groups -OCH3 is 1. The quantitative estimate of drug-likeness (QED) is 0.478. The first-order valence-electron chi connectivity index (χ1n) is 10.9. The molecule has 0 aliphatic carbocycles. The number of hydrogen-bond acceptors (Lipinski definition) is 7. The first-order valence-corrected chi connectivity index (χ1v) is 10.9. The average Bonchev–Trinajstić information content (AvgIpc) is 2.78. The van der Waals surface area contributed by atoms with Crippen molar-refractivity contribution < 1.29 is 28.5 Å². The number of benzene rings is 2. The van der Waals surface area contributed by atoms with Crippen LogP contribution in [-0.2, 0) is 20.9 Å². The van der Waals surface area contributed by atoms with Crippen molar-refractivity contribution in [2.24, 2.45) is 0 Å². The fraction of sp³-hybridized carbons (Fsp3) is 0.440. The molecule has 0 aliphatic rings. The van der Waals surface area contributed by atoms with Gasteiger partial charge in [-0.15, -0.1) is 0 Å². The van der Waals surface area contributed by atoms with E-state index in [9.17, 15) is 9.59 Å². The van der Waals surface area contributed by atoms with Crippen molar-refractivity contribution in [2.45, 2.75) is 52.4 Å². The van der Waals surface area contributed by atoms with Crippen molar-refractivity contribution in [3.05, 3.63) is 54.1 Å². The van der Waals surface area contributed by atoms with Gasteiger partial charge < -0.3 is 29.6 Å². The minimum Gasteiger partial charge on any atom is -0.494 e. The molecule has 2 rings (SSSR count). The van der Waals surface area contributed by atoms with E-state index in [1.54, 1.807) is 25.3 Å². The largest absolute Gasteiger partial charge is 0.494 e. The summed E-state index contributed by atoms with van der Waals surface area (Å²) >= 11 is 0. The fourth-order valence-electron chi connectivity index (χ4n) is 2.83. The molecule has 0 saturated carbocycles. The molecule has 0 radical (unpaired) electrons. The van der Waals surface area contributed by atoms with E-state index in [1.807, 2.05) is 58.0 Å². The maximum atomic E-state index is 12.0. The lowest BCUT2D eigenvalue weighted by molar-refractivity contribution is -0.147. The summed E-state index contributed by atoms with van der Waals surface area (Å²) in [6.07, 6.45) is 0.270. The average molecular weight is 459 g/mol. The highest BCUT2D eigenvalue weighted by Crippen LogP contribution is 2.29. The predicted octanol–water partition coefficient (Wildman–Crippen LogP) is 4.53. The first kappa shape index (κ1) is 25.8. The number of ether oxygens (including phenoxy) is 4. The Labute approximate surface area is 195 Å². The zero-order valence-electron chi connectivity index (χ0n) is 20.0. The van der Waals surface area contributed by atoms with E-state index in [4.69, 9.17) is 18.9 Å². The Morgan fingerprint density at radius 3 is 2.42 bits per heavy atom. The summed E-state index contributed by atoms with van der Waals surface area (Å²) < 4.78 is 21.5. The number of hydrogen-bond donors (Lipinski definition) is 2. The molecule has 8 nitrogen and oxygen atoms in total. The second-order valence-corrected chi connectivity index (χ2v) is 8.43. The van der Waals surface area contributed by atoms with Crippen molar-refractivity contribution in [3.63, 3.8) is 0 Å². The molecular formula is C25H34N2O6. The van der Waals surface area contributed by atoms with Crippen LogP contribution in [0.15, 0.2) is 48.5 Å². The number of rotatable bonds is 11. The molecule has 0 aliphatic heterocycles. The molecule has 0 aromatic heterocycles. The number of alkyl carbamates (subject to hydrolysis) is 1. The second kappa shape index (κ2) is 12.6. The third-order valence-corrected chi connectivity index (χ3v) is 4.52. The Morgan fingerprint density at radius 2 is 1.79 bits per heavy atom. The van der Waals surface area contributed by atoms with Crippen molar-refractivity contribution in [3.8, 4) is 11.5 Å². The second-order valence-electron chi connectivity index (χ2n) is 8.43. The molecule has 0 saturated heterocycles. The van der Waals surface area contributed by atoms with Crippen LogP contribution in [0.4, 0.5) is 10.5 Å². The van der Waals surface area contributed by atoms with Crippen LogP contribution >= 0.6 is 0 Å². The standard InChI is InChI=1S/C25H34N2O6/c1-6-19(27-24(29)33-25(2,3)4)15-26-21-13-12-20(14-22(21)30-5)31-17-23(28)32-16-18-10-8-7-9-11-18/h7-14,19,26H,6,15-17H2,1-5H3,(H,27,29)/t19-/m1/s1. The van der Waals surface area contributed by atoms with Crippen molar-refractivity contribution in [1.82, 2.24) is 5.32 Å². The summed E-state index contributed by atoms with van der Waals surface area (Å²) in [5.41, 5.74) is 1.10. The van der Waals surface area contributed by atoms with Crippen LogP contribution in [0.1, 0.15) is 39.7 Å². The highest BCUT2D eigenvalue weighted by Gasteiger charge is 2.19. The third kappa shape index (κ3) is 9.72. The van der Waals surface area contributed by atoms with E-state index >= 15 is 0 Å². The number of amides is 1. The molecule has 1 amide bonds. The number of carbonyl (C=O) groups is 2. The van der Waals surface area contributed by atoms with Gasteiger partial charge in [0.25, 0.3) is 0 Å². The minimum atomic E-state index is -0.553. The number of anilines is 1. The monoisotopic (exact) mass is 458 g/mol. The van der Waals surface area contributed by atoms with Gasteiger partial charge in [-0.25, -0.2) is 9.59 Å². The Bertz CT molecular complexity index is 896. The third-order valence-electron chi connectivity index (χ3n) is 4.52. The van der Waals surface area contributed by atoms with Crippen LogP contribution in [0.5, 0.6) is 11.5 Å². The molecule has 0 spiro atoms. The predicted molar refractivity (Wildman–Crippen MR) is 127 cm³/mol. The van der Waals surface area contributed by atoms with E-state index < -0.39 is 17.7 Å². The summed E-state index contributed by atoms with van der Waals surface area (Å²) in [6, 6.07) is 14.5. The van der Waals surface area contributed by atoms with Gasteiger partial charge in [0.1, 0.15) is 23.7 Å². The zero-order chi connectivity index (χ0) is 24.3. The van der Waals surface area contributed by atoms with Crippen LogP contribution in [0.25, 0.3) is 0 Å². The molecule has 0 bridgehead atoms. The van der Waals surface area contributed by atoms with Crippen LogP contribution in [0.2, 0.25) is 0 Å². The lowest BCUT2D eigenvalue weighted by Gasteiger charge is -2.23. The molecule has 2 N–H and O–H groups in total. The lowest BCUT2D eigenvalue weighted by atomic mass is 10.2. The van der Waals surface area contributed by atoms with Crippen molar-refractivity contribution in [1.29, 1.82) is 0 Å². The fourth-order valence-corrected chi connectivity index (χ4v) is 2.83. The molecule has 8 heteroatoms. The Morgan fingerprint density at radius 1 is 1.06 bits per heavy atom. The number of carbonyl (C=O) groups excluding carboxylic acids is 2. The maximum Gasteiger partial charge on any atom is 0.407 e. The van der Waals surface area contributed by atoms with Gasteiger partial charge in [0.15, 0.2) is 6.61 Å². The summed E-state index contributed by atoms with van der Waals surface area (Å²) in [5.74, 6) is 0.573. The topological polar surface area (TPSA) is 95.1 Å². The van der Waals surface area contributed by atoms with Crippen molar-refractivity contribution >= 4 is 17.7 Å². The summed E-state index contributed by atoms with van der Waals surface area (Å²) in [6.45, 7) is 7.92. The Kier molecular flexibility index (Phi) is 9.84. The van der Waals surface area contributed by atoms with E-state index in [1.165, 1.54) is 0 Å².